The zero-order valence-corrected chi connectivity index (χ0v) is 16.9. The summed E-state index contributed by atoms with van der Waals surface area (Å²) in [4.78, 5) is 27.1. The summed E-state index contributed by atoms with van der Waals surface area (Å²) in [6, 6.07) is 15.9. The van der Waals surface area contributed by atoms with Crippen LogP contribution in [0.15, 0.2) is 59.2 Å². The van der Waals surface area contributed by atoms with E-state index in [4.69, 9.17) is 0 Å². The summed E-state index contributed by atoms with van der Waals surface area (Å²) >= 11 is 3.46. The molecule has 0 saturated carbocycles. The van der Waals surface area contributed by atoms with Gasteiger partial charge in [-0.15, -0.1) is 0 Å². The highest BCUT2D eigenvalue weighted by Crippen LogP contribution is 2.48. The molecule has 1 aromatic heterocycles. The van der Waals surface area contributed by atoms with E-state index in [0.29, 0.717) is 22.5 Å². The zero-order chi connectivity index (χ0) is 20.0. The van der Waals surface area contributed by atoms with Gasteiger partial charge in [0, 0.05) is 34.3 Å². The molecule has 2 heterocycles. The fourth-order valence-electron chi connectivity index (χ4n) is 3.75. The maximum absolute atomic E-state index is 13.4. The Balaban J connectivity index is 2.03. The Morgan fingerprint density at radius 1 is 1.14 bits per heavy atom. The highest BCUT2D eigenvalue weighted by Gasteiger charge is 2.39. The number of rotatable bonds is 1. The molecule has 0 N–H and O–H groups in total. The highest BCUT2D eigenvalue weighted by molar-refractivity contribution is 9.10. The summed E-state index contributed by atoms with van der Waals surface area (Å²) in [5.41, 5.74) is 4.02. The van der Waals surface area contributed by atoms with Gasteiger partial charge in [-0.3, -0.25) is 19.1 Å². The third kappa shape index (κ3) is 2.67. The summed E-state index contributed by atoms with van der Waals surface area (Å²) in [5.74, 6) is -0.398. The van der Waals surface area contributed by atoms with Gasteiger partial charge in [0.05, 0.1) is 17.5 Å². The monoisotopic (exact) mass is 433 g/mol. The first-order chi connectivity index (χ1) is 13.4. The molecule has 0 fully saturated rings. The standard InChI is InChI=1S/C22H16BrN3O2/c1-13-12-25(14(2)27)21-17-9-8-16(23)10-18(17)26(19(11-24)20(13)21)22(28)15-6-4-3-5-7-15/h3-10,12,19H,1-2H3. The van der Waals surface area contributed by atoms with Gasteiger partial charge in [-0.05, 0) is 42.8 Å². The number of anilines is 1. The molecule has 0 spiro atoms. The average Bonchev–Trinajstić information content (AvgIpc) is 3.04. The number of carbonyl (C=O) groups excluding carboxylic acids is 2. The Morgan fingerprint density at radius 3 is 2.50 bits per heavy atom. The molecule has 1 amide bonds. The first kappa shape index (κ1) is 18.2. The molecule has 2 aromatic carbocycles. The van der Waals surface area contributed by atoms with Crippen LogP contribution >= 0.6 is 15.9 Å². The van der Waals surface area contributed by atoms with Gasteiger partial charge in [0.1, 0.15) is 0 Å². The number of benzene rings is 2. The number of fused-ring (bicyclic) bond motifs is 3. The lowest BCUT2D eigenvalue weighted by molar-refractivity contribution is 0.0938. The quantitative estimate of drug-likeness (QED) is 0.535. The third-order valence-electron chi connectivity index (χ3n) is 4.95. The van der Waals surface area contributed by atoms with Crippen LogP contribution in [0.2, 0.25) is 0 Å². The molecule has 1 aliphatic rings. The predicted octanol–water partition coefficient (Wildman–Crippen LogP) is 5.11. The van der Waals surface area contributed by atoms with E-state index in [0.717, 1.165) is 15.6 Å². The number of halogens is 1. The summed E-state index contributed by atoms with van der Waals surface area (Å²) < 4.78 is 2.35. The van der Waals surface area contributed by atoms with Crippen molar-refractivity contribution in [1.82, 2.24) is 4.57 Å². The minimum absolute atomic E-state index is 0.141. The Labute approximate surface area is 170 Å². The number of aromatic nitrogens is 1. The lowest BCUT2D eigenvalue weighted by Gasteiger charge is -2.34. The van der Waals surface area contributed by atoms with Gasteiger partial charge in [0.25, 0.3) is 5.91 Å². The summed E-state index contributed by atoms with van der Waals surface area (Å²) in [5, 5.41) is 10.0. The van der Waals surface area contributed by atoms with E-state index in [2.05, 4.69) is 22.0 Å². The van der Waals surface area contributed by atoms with Crippen molar-refractivity contribution in [3.63, 3.8) is 0 Å². The van der Waals surface area contributed by atoms with Crippen molar-refractivity contribution in [2.75, 3.05) is 4.90 Å². The van der Waals surface area contributed by atoms with E-state index in [9.17, 15) is 14.9 Å². The number of carbonyl (C=O) groups is 2. The minimum atomic E-state index is -0.829. The largest absolute Gasteiger partial charge is 0.287 e. The van der Waals surface area contributed by atoms with Crippen LogP contribution in [0.3, 0.4) is 0 Å². The van der Waals surface area contributed by atoms with Gasteiger partial charge in [0.15, 0.2) is 6.04 Å². The number of nitrogens with zero attached hydrogens (tertiary/aromatic N) is 3. The molecule has 5 nitrogen and oxygen atoms in total. The molecule has 1 aliphatic heterocycles. The first-order valence-electron chi connectivity index (χ1n) is 8.75. The van der Waals surface area contributed by atoms with Crippen LogP contribution in [-0.4, -0.2) is 16.4 Å². The van der Waals surface area contributed by atoms with Crippen LogP contribution in [0.4, 0.5) is 5.69 Å². The van der Waals surface area contributed by atoms with Crippen LogP contribution in [0, 0.1) is 18.3 Å². The van der Waals surface area contributed by atoms with Gasteiger partial charge in [-0.25, -0.2) is 0 Å². The van der Waals surface area contributed by atoms with Crippen LogP contribution < -0.4 is 4.90 Å². The Kier molecular flexibility index (Phi) is 4.40. The van der Waals surface area contributed by atoms with Crippen molar-refractivity contribution in [3.8, 4) is 17.3 Å². The molecule has 138 valence electrons. The van der Waals surface area contributed by atoms with Gasteiger partial charge >= 0.3 is 0 Å². The fourth-order valence-corrected chi connectivity index (χ4v) is 4.10. The highest BCUT2D eigenvalue weighted by atomic mass is 79.9. The number of hydrogen-bond acceptors (Lipinski definition) is 3. The van der Waals surface area contributed by atoms with E-state index in [1.54, 1.807) is 35.0 Å². The first-order valence-corrected chi connectivity index (χ1v) is 9.54. The Bertz CT molecular complexity index is 1160. The molecular weight excluding hydrogens is 418 g/mol. The summed E-state index contributed by atoms with van der Waals surface area (Å²) in [6.07, 6.45) is 1.74. The van der Waals surface area contributed by atoms with Gasteiger partial charge in [-0.1, -0.05) is 34.1 Å². The lowest BCUT2D eigenvalue weighted by Crippen LogP contribution is -2.37. The smallest absolute Gasteiger partial charge is 0.259 e. The molecule has 1 unspecified atom stereocenters. The van der Waals surface area contributed by atoms with Crippen molar-refractivity contribution in [1.29, 1.82) is 5.26 Å². The lowest BCUT2D eigenvalue weighted by atomic mass is 9.91. The van der Waals surface area contributed by atoms with Crippen molar-refractivity contribution >= 4 is 33.4 Å². The number of aryl methyl sites for hydroxylation is 1. The molecule has 3 aromatic rings. The fraction of sp³-hybridized carbons (Fsp3) is 0.136. The molecule has 4 rings (SSSR count). The SMILES string of the molecule is CC(=O)n1cc(C)c2c1-c1ccc(Br)cc1N(C(=O)c1ccccc1)C2C#N. The van der Waals surface area contributed by atoms with Crippen molar-refractivity contribution < 1.29 is 9.59 Å². The Hall–Kier alpha value is -3.17. The van der Waals surface area contributed by atoms with Gasteiger partial charge in [-0.2, -0.15) is 5.26 Å². The summed E-state index contributed by atoms with van der Waals surface area (Å²) in [7, 11) is 0. The zero-order valence-electron chi connectivity index (χ0n) is 15.3. The Morgan fingerprint density at radius 2 is 1.86 bits per heavy atom. The van der Waals surface area contributed by atoms with E-state index < -0.39 is 6.04 Å². The van der Waals surface area contributed by atoms with Crippen molar-refractivity contribution in [2.45, 2.75) is 19.9 Å². The molecule has 0 bridgehead atoms. The van der Waals surface area contributed by atoms with E-state index in [-0.39, 0.29) is 11.8 Å². The second-order valence-electron chi connectivity index (χ2n) is 6.70. The van der Waals surface area contributed by atoms with Gasteiger partial charge < -0.3 is 0 Å². The molecule has 1 atom stereocenters. The minimum Gasteiger partial charge on any atom is -0.287 e. The van der Waals surface area contributed by atoms with E-state index in [1.807, 2.05) is 31.2 Å². The third-order valence-corrected chi connectivity index (χ3v) is 5.44. The van der Waals surface area contributed by atoms with Crippen LogP contribution in [0.25, 0.3) is 11.3 Å². The molecule has 0 radical (unpaired) electrons. The molecule has 0 aliphatic carbocycles. The maximum Gasteiger partial charge on any atom is 0.259 e. The second kappa shape index (κ2) is 6.77. The maximum atomic E-state index is 13.4. The average molecular weight is 434 g/mol. The number of hydrogen-bond donors (Lipinski definition) is 0. The molecule has 6 heteroatoms. The topological polar surface area (TPSA) is 66.1 Å². The van der Waals surface area contributed by atoms with E-state index in [1.165, 1.54) is 11.8 Å². The summed E-state index contributed by atoms with van der Waals surface area (Å²) in [6.45, 7) is 3.35. The van der Waals surface area contributed by atoms with Crippen LogP contribution in [0.5, 0.6) is 0 Å². The molecular formula is C22H16BrN3O2. The number of nitriles is 1. The van der Waals surface area contributed by atoms with Crippen LogP contribution in [0.1, 0.15) is 39.2 Å². The second-order valence-corrected chi connectivity index (χ2v) is 7.61. The van der Waals surface area contributed by atoms with Gasteiger partial charge in [0.2, 0.25) is 5.91 Å². The number of amides is 1. The molecule has 28 heavy (non-hydrogen) atoms. The van der Waals surface area contributed by atoms with Crippen LogP contribution in [-0.2, 0) is 0 Å². The van der Waals surface area contributed by atoms with Crippen molar-refractivity contribution in [3.05, 3.63) is 75.9 Å². The van der Waals surface area contributed by atoms with Crippen molar-refractivity contribution in [2.24, 2.45) is 0 Å². The normalized spacial score (nSPS) is 14.8. The molecule has 0 saturated heterocycles. The predicted molar refractivity (Wildman–Crippen MR) is 110 cm³/mol. The van der Waals surface area contributed by atoms with E-state index >= 15 is 0 Å².